The second-order valence-electron chi connectivity index (χ2n) is 4.04. The number of aryl methyl sites for hydroxylation is 1. The van der Waals surface area contributed by atoms with Crippen molar-refractivity contribution in [3.63, 3.8) is 0 Å². The number of halogens is 1. The van der Waals surface area contributed by atoms with Gasteiger partial charge in [-0.15, -0.1) is 0 Å². The van der Waals surface area contributed by atoms with Crippen LogP contribution in [0.15, 0.2) is 30.5 Å². The molecule has 0 unspecified atom stereocenters. The van der Waals surface area contributed by atoms with Gasteiger partial charge in [-0.05, 0) is 24.3 Å². The highest BCUT2D eigenvalue weighted by Crippen LogP contribution is 2.26. The molecule has 0 aliphatic rings. The Balaban J connectivity index is 2.19. The van der Waals surface area contributed by atoms with Crippen LogP contribution in [0.4, 0.5) is 11.4 Å². The first kappa shape index (κ1) is 11.8. The lowest BCUT2D eigenvalue weighted by Gasteiger charge is -2.20. The molecule has 0 aliphatic heterocycles. The molecule has 1 heterocycles. The maximum atomic E-state index is 5.97. The molecule has 1 aromatic carbocycles. The Kier molecular flexibility index (Phi) is 3.24. The third-order valence-corrected chi connectivity index (χ3v) is 2.81. The van der Waals surface area contributed by atoms with Gasteiger partial charge in [0.2, 0.25) is 0 Å². The molecule has 90 valence electrons. The summed E-state index contributed by atoms with van der Waals surface area (Å²) in [4.78, 5) is 2.03. The molecule has 0 amide bonds. The number of benzene rings is 1. The fourth-order valence-electron chi connectivity index (χ4n) is 1.72. The van der Waals surface area contributed by atoms with Crippen molar-refractivity contribution in [2.75, 3.05) is 17.7 Å². The van der Waals surface area contributed by atoms with Crippen molar-refractivity contribution in [3.05, 3.63) is 41.2 Å². The largest absolute Gasteiger partial charge is 0.397 e. The van der Waals surface area contributed by atoms with E-state index in [-0.39, 0.29) is 0 Å². The number of rotatable bonds is 3. The van der Waals surface area contributed by atoms with E-state index in [4.69, 9.17) is 17.3 Å². The zero-order chi connectivity index (χ0) is 12.4. The Morgan fingerprint density at radius 2 is 2.18 bits per heavy atom. The van der Waals surface area contributed by atoms with Crippen LogP contribution < -0.4 is 10.6 Å². The van der Waals surface area contributed by atoms with Crippen molar-refractivity contribution in [1.82, 2.24) is 9.78 Å². The average Bonchev–Trinajstić information content (AvgIpc) is 2.67. The summed E-state index contributed by atoms with van der Waals surface area (Å²) in [6.45, 7) is 0.700. The maximum absolute atomic E-state index is 5.97. The minimum Gasteiger partial charge on any atom is -0.397 e. The normalized spacial score (nSPS) is 10.5. The van der Waals surface area contributed by atoms with Gasteiger partial charge in [-0.3, -0.25) is 4.68 Å². The van der Waals surface area contributed by atoms with E-state index in [1.54, 1.807) is 10.7 Å². The van der Waals surface area contributed by atoms with Gasteiger partial charge >= 0.3 is 0 Å². The van der Waals surface area contributed by atoms with E-state index in [9.17, 15) is 0 Å². The van der Waals surface area contributed by atoms with Gasteiger partial charge in [-0.1, -0.05) is 11.6 Å². The standard InChI is InChI=1S/C12H15ClN4/c1-16(8-10-5-6-17(2)15-10)12-7-9(13)3-4-11(12)14/h3-7H,8,14H2,1-2H3. The van der Waals surface area contributed by atoms with Crippen LogP contribution in [0.3, 0.4) is 0 Å². The van der Waals surface area contributed by atoms with E-state index < -0.39 is 0 Å². The summed E-state index contributed by atoms with van der Waals surface area (Å²) in [6, 6.07) is 7.44. The summed E-state index contributed by atoms with van der Waals surface area (Å²) in [5, 5.41) is 5.01. The Morgan fingerprint density at radius 1 is 1.41 bits per heavy atom. The average molecular weight is 251 g/mol. The highest BCUT2D eigenvalue weighted by Gasteiger charge is 2.08. The summed E-state index contributed by atoms with van der Waals surface area (Å²) in [5.74, 6) is 0. The molecule has 0 saturated heterocycles. The molecule has 4 nitrogen and oxygen atoms in total. The molecular weight excluding hydrogens is 236 g/mol. The van der Waals surface area contributed by atoms with Crippen molar-refractivity contribution >= 4 is 23.0 Å². The van der Waals surface area contributed by atoms with Crippen LogP contribution in [0.5, 0.6) is 0 Å². The summed E-state index contributed by atoms with van der Waals surface area (Å²) in [6.07, 6.45) is 1.92. The number of nitrogen functional groups attached to an aromatic ring is 1. The van der Waals surface area contributed by atoms with Gasteiger partial charge in [0, 0.05) is 25.3 Å². The molecule has 0 aliphatic carbocycles. The molecule has 2 N–H and O–H groups in total. The van der Waals surface area contributed by atoms with Gasteiger partial charge in [0.1, 0.15) is 0 Å². The van der Waals surface area contributed by atoms with E-state index in [0.29, 0.717) is 17.3 Å². The fraction of sp³-hybridized carbons (Fsp3) is 0.250. The van der Waals surface area contributed by atoms with Gasteiger partial charge in [0.15, 0.2) is 0 Å². The number of aromatic nitrogens is 2. The van der Waals surface area contributed by atoms with E-state index in [0.717, 1.165) is 11.4 Å². The van der Waals surface area contributed by atoms with E-state index in [1.165, 1.54) is 0 Å². The summed E-state index contributed by atoms with van der Waals surface area (Å²) < 4.78 is 1.78. The van der Waals surface area contributed by atoms with Gasteiger partial charge in [0.05, 0.1) is 23.6 Å². The molecule has 17 heavy (non-hydrogen) atoms. The third-order valence-electron chi connectivity index (χ3n) is 2.57. The highest BCUT2D eigenvalue weighted by atomic mass is 35.5. The Morgan fingerprint density at radius 3 is 2.82 bits per heavy atom. The second-order valence-corrected chi connectivity index (χ2v) is 4.48. The SMILES string of the molecule is CN(Cc1ccn(C)n1)c1cc(Cl)ccc1N. The number of anilines is 2. The van der Waals surface area contributed by atoms with Crippen molar-refractivity contribution in [1.29, 1.82) is 0 Å². The summed E-state index contributed by atoms with van der Waals surface area (Å²) in [5.41, 5.74) is 8.55. The lowest BCUT2D eigenvalue weighted by atomic mass is 10.2. The van der Waals surface area contributed by atoms with Crippen LogP contribution in [-0.4, -0.2) is 16.8 Å². The van der Waals surface area contributed by atoms with E-state index >= 15 is 0 Å². The molecule has 0 saturated carbocycles. The first-order chi connectivity index (χ1) is 8.06. The lowest BCUT2D eigenvalue weighted by Crippen LogP contribution is -2.18. The van der Waals surface area contributed by atoms with Crippen LogP contribution in [-0.2, 0) is 13.6 Å². The number of nitrogens with zero attached hydrogens (tertiary/aromatic N) is 3. The monoisotopic (exact) mass is 250 g/mol. The van der Waals surface area contributed by atoms with Crippen molar-refractivity contribution in [2.24, 2.45) is 7.05 Å². The van der Waals surface area contributed by atoms with Crippen LogP contribution in [0, 0.1) is 0 Å². The van der Waals surface area contributed by atoms with Crippen molar-refractivity contribution in [3.8, 4) is 0 Å². The van der Waals surface area contributed by atoms with E-state index in [2.05, 4.69) is 5.10 Å². The van der Waals surface area contributed by atoms with Crippen molar-refractivity contribution < 1.29 is 0 Å². The first-order valence-electron chi connectivity index (χ1n) is 5.31. The number of hydrogen-bond acceptors (Lipinski definition) is 3. The maximum Gasteiger partial charge on any atom is 0.0817 e. The van der Waals surface area contributed by atoms with Crippen LogP contribution in [0.2, 0.25) is 5.02 Å². The molecule has 0 fully saturated rings. The molecule has 0 bridgehead atoms. The quantitative estimate of drug-likeness (QED) is 0.851. The van der Waals surface area contributed by atoms with Gasteiger partial charge in [-0.2, -0.15) is 5.10 Å². The zero-order valence-corrected chi connectivity index (χ0v) is 10.6. The molecule has 1 aromatic heterocycles. The summed E-state index contributed by atoms with van der Waals surface area (Å²) >= 11 is 5.97. The topological polar surface area (TPSA) is 47.1 Å². The molecule has 2 rings (SSSR count). The molecule has 0 atom stereocenters. The van der Waals surface area contributed by atoms with Crippen LogP contribution in [0.25, 0.3) is 0 Å². The highest BCUT2D eigenvalue weighted by molar-refractivity contribution is 6.31. The zero-order valence-electron chi connectivity index (χ0n) is 9.89. The number of nitrogens with two attached hydrogens (primary N) is 1. The molecular formula is C12H15ClN4. The van der Waals surface area contributed by atoms with Crippen LogP contribution >= 0.6 is 11.6 Å². The Labute approximate surface area is 106 Å². The minimum atomic E-state index is 0.682. The minimum absolute atomic E-state index is 0.682. The molecule has 5 heteroatoms. The van der Waals surface area contributed by atoms with Crippen molar-refractivity contribution in [2.45, 2.75) is 6.54 Å². The lowest BCUT2D eigenvalue weighted by molar-refractivity contribution is 0.734. The second kappa shape index (κ2) is 4.67. The molecule has 2 aromatic rings. The smallest absolute Gasteiger partial charge is 0.0817 e. The van der Waals surface area contributed by atoms with E-state index in [1.807, 2.05) is 43.4 Å². The third kappa shape index (κ3) is 2.71. The van der Waals surface area contributed by atoms with Gasteiger partial charge in [-0.25, -0.2) is 0 Å². The van der Waals surface area contributed by atoms with Gasteiger partial charge in [0.25, 0.3) is 0 Å². The molecule has 0 spiro atoms. The number of hydrogen-bond donors (Lipinski definition) is 1. The Bertz CT molecular complexity index is 521. The first-order valence-corrected chi connectivity index (χ1v) is 5.69. The van der Waals surface area contributed by atoms with Crippen LogP contribution in [0.1, 0.15) is 5.69 Å². The molecule has 0 radical (unpaired) electrons. The summed E-state index contributed by atoms with van der Waals surface area (Å²) in [7, 11) is 3.87. The van der Waals surface area contributed by atoms with Gasteiger partial charge < -0.3 is 10.6 Å². The Hall–Kier alpha value is -1.68. The fourth-order valence-corrected chi connectivity index (χ4v) is 1.89. The predicted octanol–water partition coefficient (Wildman–Crippen LogP) is 2.29. The predicted molar refractivity (Wildman–Crippen MR) is 71.2 cm³/mol.